The van der Waals surface area contributed by atoms with E-state index in [4.69, 9.17) is 5.11 Å². The van der Waals surface area contributed by atoms with Crippen molar-refractivity contribution >= 4 is 11.8 Å². The SMILES string of the molecule is Cc1ccc(F)cc1C(=O)N1C[C@@H]2CN(C(=O)CCO)C[C@@H]2[C@H]1c1ccccc1C. The molecule has 0 unspecified atom stereocenters. The molecule has 30 heavy (non-hydrogen) atoms. The number of fused-ring (bicyclic) bond motifs is 1. The fraction of sp³-hybridized carbons (Fsp3) is 0.417. The molecule has 2 aromatic rings. The molecule has 2 aliphatic rings. The molecule has 0 aromatic heterocycles. The minimum absolute atomic E-state index is 0.0470. The lowest BCUT2D eigenvalue weighted by atomic mass is 9.87. The number of rotatable bonds is 4. The molecule has 1 N–H and O–H groups in total. The molecule has 4 rings (SSSR count). The number of nitrogens with zero attached hydrogens (tertiary/aromatic N) is 2. The third-order valence-electron chi connectivity index (χ3n) is 6.54. The first-order valence-electron chi connectivity index (χ1n) is 10.4. The number of amides is 2. The lowest BCUT2D eigenvalue weighted by Crippen LogP contribution is -2.38. The summed E-state index contributed by atoms with van der Waals surface area (Å²) in [6.07, 6.45) is 0.125. The van der Waals surface area contributed by atoms with Crippen molar-refractivity contribution in [2.24, 2.45) is 11.8 Å². The average Bonchev–Trinajstić information content (AvgIpc) is 3.28. The Hall–Kier alpha value is -2.73. The molecule has 0 saturated carbocycles. The number of carbonyl (C=O) groups excluding carboxylic acids is 2. The van der Waals surface area contributed by atoms with Crippen molar-refractivity contribution in [1.29, 1.82) is 0 Å². The molecule has 2 heterocycles. The minimum atomic E-state index is -0.420. The van der Waals surface area contributed by atoms with Crippen LogP contribution in [0, 0.1) is 31.5 Å². The summed E-state index contributed by atoms with van der Waals surface area (Å²) in [5.41, 5.74) is 3.31. The Morgan fingerprint density at radius 2 is 1.83 bits per heavy atom. The van der Waals surface area contributed by atoms with E-state index in [1.807, 2.05) is 47.9 Å². The Bertz CT molecular complexity index is 977. The molecule has 0 radical (unpaired) electrons. The number of hydrogen-bond acceptors (Lipinski definition) is 3. The van der Waals surface area contributed by atoms with Crippen LogP contribution in [0.3, 0.4) is 0 Å². The van der Waals surface area contributed by atoms with Crippen molar-refractivity contribution in [3.63, 3.8) is 0 Å². The highest BCUT2D eigenvalue weighted by Gasteiger charge is 2.50. The van der Waals surface area contributed by atoms with Crippen molar-refractivity contribution in [1.82, 2.24) is 9.80 Å². The second-order valence-corrected chi connectivity index (χ2v) is 8.41. The fourth-order valence-electron chi connectivity index (χ4n) is 5.01. The van der Waals surface area contributed by atoms with Crippen LogP contribution in [0.2, 0.25) is 0 Å². The maximum absolute atomic E-state index is 13.9. The van der Waals surface area contributed by atoms with Crippen molar-refractivity contribution in [2.45, 2.75) is 26.3 Å². The van der Waals surface area contributed by atoms with E-state index in [0.29, 0.717) is 25.2 Å². The van der Waals surface area contributed by atoms with Crippen LogP contribution >= 0.6 is 0 Å². The molecule has 2 aliphatic heterocycles. The maximum Gasteiger partial charge on any atom is 0.254 e. The Balaban J connectivity index is 1.70. The van der Waals surface area contributed by atoms with Crippen LogP contribution in [-0.4, -0.2) is 53.0 Å². The van der Waals surface area contributed by atoms with Crippen LogP contribution in [0.15, 0.2) is 42.5 Å². The molecule has 2 saturated heterocycles. The van der Waals surface area contributed by atoms with E-state index in [2.05, 4.69) is 0 Å². The van der Waals surface area contributed by atoms with Crippen LogP contribution in [0.5, 0.6) is 0 Å². The third kappa shape index (κ3) is 3.60. The van der Waals surface area contributed by atoms with Gasteiger partial charge in [-0.1, -0.05) is 30.3 Å². The zero-order valence-electron chi connectivity index (χ0n) is 17.3. The highest BCUT2D eigenvalue weighted by atomic mass is 19.1. The molecule has 0 bridgehead atoms. The highest BCUT2D eigenvalue weighted by Crippen LogP contribution is 2.46. The molecule has 2 fully saturated rings. The Kier molecular flexibility index (Phi) is 5.60. The van der Waals surface area contributed by atoms with Gasteiger partial charge in [-0.2, -0.15) is 0 Å². The number of aryl methyl sites for hydroxylation is 2. The number of benzene rings is 2. The van der Waals surface area contributed by atoms with Crippen molar-refractivity contribution in [3.05, 3.63) is 70.5 Å². The highest BCUT2D eigenvalue weighted by molar-refractivity contribution is 5.96. The summed E-state index contributed by atoms with van der Waals surface area (Å²) in [5.74, 6) is -0.352. The molecule has 6 heteroatoms. The van der Waals surface area contributed by atoms with Crippen LogP contribution in [-0.2, 0) is 4.79 Å². The summed E-state index contributed by atoms with van der Waals surface area (Å²) in [6.45, 7) is 5.37. The zero-order chi connectivity index (χ0) is 21.4. The first-order chi connectivity index (χ1) is 14.4. The van der Waals surface area contributed by atoms with Gasteiger partial charge in [-0.3, -0.25) is 9.59 Å². The second kappa shape index (κ2) is 8.19. The molecule has 158 valence electrons. The van der Waals surface area contributed by atoms with Crippen molar-refractivity contribution < 1.29 is 19.1 Å². The third-order valence-corrected chi connectivity index (χ3v) is 6.54. The van der Waals surface area contributed by atoms with Crippen LogP contribution in [0.4, 0.5) is 4.39 Å². The lowest BCUT2D eigenvalue weighted by molar-refractivity contribution is -0.131. The molecule has 0 spiro atoms. The fourth-order valence-corrected chi connectivity index (χ4v) is 5.01. The topological polar surface area (TPSA) is 60.9 Å². The average molecular weight is 410 g/mol. The van der Waals surface area contributed by atoms with E-state index in [1.54, 1.807) is 6.07 Å². The molecule has 2 amide bonds. The van der Waals surface area contributed by atoms with E-state index < -0.39 is 5.82 Å². The number of aliphatic hydroxyl groups excluding tert-OH is 1. The van der Waals surface area contributed by atoms with E-state index in [0.717, 1.165) is 16.7 Å². The van der Waals surface area contributed by atoms with Gasteiger partial charge in [0.05, 0.1) is 12.6 Å². The number of aliphatic hydroxyl groups is 1. The minimum Gasteiger partial charge on any atom is -0.396 e. The number of halogens is 1. The summed E-state index contributed by atoms with van der Waals surface area (Å²) in [5, 5.41) is 9.12. The quantitative estimate of drug-likeness (QED) is 0.843. The smallest absolute Gasteiger partial charge is 0.254 e. The van der Waals surface area contributed by atoms with Gasteiger partial charge in [-0.15, -0.1) is 0 Å². The van der Waals surface area contributed by atoms with Crippen LogP contribution in [0.25, 0.3) is 0 Å². The van der Waals surface area contributed by atoms with Crippen molar-refractivity contribution in [2.75, 3.05) is 26.2 Å². The number of hydrogen-bond donors (Lipinski definition) is 1. The Labute approximate surface area is 176 Å². The predicted molar refractivity (Wildman–Crippen MR) is 111 cm³/mol. The summed E-state index contributed by atoms with van der Waals surface area (Å²) >= 11 is 0. The van der Waals surface area contributed by atoms with Gasteiger partial charge in [0.2, 0.25) is 5.91 Å². The zero-order valence-corrected chi connectivity index (χ0v) is 17.3. The Morgan fingerprint density at radius 1 is 1.07 bits per heavy atom. The van der Waals surface area contributed by atoms with Gasteiger partial charge in [0, 0.05) is 43.5 Å². The molecular weight excluding hydrogens is 383 g/mol. The predicted octanol–water partition coefficient (Wildman–Crippen LogP) is 3.10. The summed E-state index contributed by atoms with van der Waals surface area (Å²) in [4.78, 5) is 29.5. The first kappa shape index (κ1) is 20.5. The molecule has 2 aromatic carbocycles. The van der Waals surface area contributed by atoms with Gasteiger partial charge in [0.1, 0.15) is 5.82 Å². The molecule has 3 atom stereocenters. The van der Waals surface area contributed by atoms with Crippen LogP contribution in [0.1, 0.15) is 39.5 Å². The van der Waals surface area contributed by atoms with Crippen LogP contribution < -0.4 is 0 Å². The van der Waals surface area contributed by atoms with Gasteiger partial charge >= 0.3 is 0 Å². The van der Waals surface area contributed by atoms with Gasteiger partial charge in [0.25, 0.3) is 5.91 Å². The standard InChI is InChI=1S/C24H27FN2O3/c1-15-5-3-4-6-19(15)23-21-14-26(22(29)9-10-28)12-17(21)13-27(23)24(30)20-11-18(25)8-7-16(20)2/h3-8,11,17,21,23,28H,9-10,12-14H2,1-2H3/t17-,21-,23+/m0/s1. The largest absolute Gasteiger partial charge is 0.396 e. The van der Waals surface area contributed by atoms with Gasteiger partial charge < -0.3 is 14.9 Å². The van der Waals surface area contributed by atoms with Gasteiger partial charge in [-0.25, -0.2) is 4.39 Å². The first-order valence-corrected chi connectivity index (χ1v) is 10.4. The van der Waals surface area contributed by atoms with Gasteiger partial charge in [0.15, 0.2) is 0 Å². The summed E-state index contributed by atoms with van der Waals surface area (Å²) in [6, 6.07) is 12.2. The molecular formula is C24H27FN2O3. The van der Waals surface area contributed by atoms with E-state index in [9.17, 15) is 14.0 Å². The van der Waals surface area contributed by atoms with Crippen molar-refractivity contribution in [3.8, 4) is 0 Å². The van der Waals surface area contributed by atoms with Gasteiger partial charge in [-0.05, 0) is 42.7 Å². The maximum atomic E-state index is 13.9. The Morgan fingerprint density at radius 3 is 2.57 bits per heavy atom. The molecule has 5 nitrogen and oxygen atoms in total. The lowest BCUT2D eigenvalue weighted by Gasteiger charge is -2.31. The number of likely N-dealkylation sites (tertiary alicyclic amines) is 2. The normalized spacial score (nSPS) is 23.0. The molecule has 0 aliphatic carbocycles. The summed E-state index contributed by atoms with van der Waals surface area (Å²) in [7, 11) is 0. The monoisotopic (exact) mass is 410 g/mol. The summed E-state index contributed by atoms with van der Waals surface area (Å²) < 4.78 is 13.9. The van der Waals surface area contributed by atoms with E-state index in [-0.39, 0.29) is 42.7 Å². The van der Waals surface area contributed by atoms with E-state index in [1.165, 1.54) is 12.1 Å². The number of carbonyl (C=O) groups is 2. The van der Waals surface area contributed by atoms with E-state index >= 15 is 0 Å². The second-order valence-electron chi connectivity index (χ2n) is 8.41.